The van der Waals surface area contributed by atoms with Gasteiger partial charge < -0.3 is 10.1 Å². The zero-order chi connectivity index (χ0) is 14.8. The van der Waals surface area contributed by atoms with Gasteiger partial charge in [-0.2, -0.15) is 0 Å². The van der Waals surface area contributed by atoms with E-state index in [2.05, 4.69) is 10.3 Å². The van der Waals surface area contributed by atoms with Gasteiger partial charge in [-0.1, -0.05) is 6.07 Å². The molecule has 1 heterocycles. The summed E-state index contributed by atoms with van der Waals surface area (Å²) in [7, 11) is 0. The zero-order valence-corrected chi connectivity index (χ0v) is 11.6. The van der Waals surface area contributed by atoms with Gasteiger partial charge in [-0.3, -0.25) is 4.79 Å². The predicted octanol–water partition coefficient (Wildman–Crippen LogP) is 3.67. The number of ether oxygens (including phenoxy) is 1. The third-order valence-electron chi connectivity index (χ3n) is 3.25. The number of rotatable bonds is 4. The van der Waals surface area contributed by atoms with Crippen molar-refractivity contribution in [3.05, 3.63) is 47.9 Å². The van der Waals surface area contributed by atoms with Crippen LogP contribution in [0.1, 0.15) is 18.4 Å². The van der Waals surface area contributed by atoms with Gasteiger partial charge in [0.15, 0.2) is 11.6 Å². The van der Waals surface area contributed by atoms with Gasteiger partial charge >= 0.3 is 0 Å². The monoisotopic (exact) mass is 286 g/mol. The molecule has 21 heavy (non-hydrogen) atoms. The average molecular weight is 286 g/mol. The molecule has 1 saturated carbocycles. The molecule has 4 nitrogen and oxygen atoms in total. The summed E-state index contributed by atoms with van der Waals surface area (Å²) < 4.78 is 19.2. The van der Waals surface area contributed by atoms with E-state index in [1.54, 1.807) is 24.3 Å². The number of halogens is 1. The van der Waals surface area contributed by atoms with Gasteiger partial charge in [-0.15, -0.1) is 0 Å². The standard InChI is InChI=1S/C16H15FN2O2/c1-10-2-5-14(13(17)8-10)21-12-6-7-18-15(9-12)19-16(20)11-3-4-11/h2,5-9,11H,3-4H2,1H3,(H,18,19,20). The first-order valence-corrected chi connectivity index (χ1v) is 6.83. The van der Waals surface area contributed by atoms with Crippen molar-refractivity contribution in [1.29, 1.82) is 0 Å². The summed E-state index contributed by atoms with van der Waals surface area (Å²) in [4.78, 5) is 15.7. The Morgan fingerprint density at radius 1 is 1.33 bits per heavy atom. The van der Waals surface area contributed by atoms with Crippen molar-refractivity contribution < 1.29 is 13.9 Å². The maximum atomic E-state index is 13.8. The Bertz CT molecular complexity index is 684. The molecule has 0 saturated heterocycles. The Hall–Kier alpha value is -2.43. The van der Waals surface area contributed by atoms with E-state index in [1.807, 2.05) is 6.92 Å². The van der Waals surface area contributed by atoms with Gasteiger partial charge in [-0.05, 0) is 43.5 Å². The smallest absolute Gasteiger partial charge is 0.228 e. The van der Waals surface area contributed by atoms with E-state index >= 15 is 0 Å². The lowest BCUT2D eigenvalue weighted by molar-refractivity contribution is -0.117. The molecule has 0 spiro atoms. The molecule has 3 rings (SSSR count). The second-order valence-electron chi connectivity index (χ2n) is 5.18. The van der Waals surface area contributed by atoms with E-state index in [4.69, 9.17) is 4.74 Å². The lowest BCUT2D eigenvalue weighted by Gasteiger charge is -2.09. The molecular formula is C16H15FN2O2. The highest BCUT2D eigenvalue weighted by Gasteiger charge is 2.29. The molecule has 1 aromatic heterocycles. The fourth-order valence-electron chi connectivity index (χ4n) is 1.93. The van der Waals surface area contributed by atoms with Gasteiger partial charge in [0.05, 0.1) is 0 Å². The summed E-state index contributed by atoms with van der Waals surface area (Å²) in [5.41, 5.74) is 0.826. The first kappa shape index (κ1) is 13.5. The Balaban J connectivity index is 1.74. The minimum atomic E-state index is -0.421. The maximum absolute atomic E-state index is 13.8. The minimum Gasteiger partial charge on any atom is -0.454 e. The van der Waals surface area contributed by atoms with Crippen LogP contribution in [0.4, 0.5) is 10.2 Å². The summed E-state index contributed by atoms with van der Waals surface area (Å²) in [6, 6.07) is 7.96. The number of nitrogens with one attached hydrogen (secondary N) is 1. The fraction of sp³-hybridized carbons (Fsp3) is 0.250. The summed E-state index contributed by atoms with van der Waals surface area (Å²) in [6.07, 6.45) is 3.37. The lowest BCUT2D eigenvalue weighted by Crippen LogP contribution is -2.14. The SMILES string of the molecule is Cc1ccc(Oc2ccnc(NC(=O)C3CC3)c2)c(F)c1. The Morgan fingerprint density at radius 2 is 2.14 bits per heavy atom. The highest BCUT2D eigenvalue weighted by Crippen LogP contribution is 2.31. The van der Waals surface area contributed by atoms with Gasteiger partial charge in [0, 0.05) is 18.2 Å². The maximum Gasteiger partial charge on any atom is 0.228 e. The molecule has 2 aromatic rings. The van der Waals surface area contributed by atoms with Crippen LogP contribution in [0, 0.1) is 18.7 Å². The van der Waals surface area contributed by atoms with Crippen molar-refractivity contribution in [2.75, 3.05) is 5.32 Å². The highest BCUT2D eigenvalue weighted by atomic mass is 19.1. The second-order valence-corrected chi connectivity index (χ2v) is 5.18. The van der Waals surface area contributed by atoms with Crippen molar-refractivity contribution in [2.45, 2.75) is 19.8 Å². The number of benzene rings is 1. The van der Waals surface area contributed by atoms with Gasteiger partial charge in [0.1, 0.15) is 11.6 Å². The zero-order valence-electron chi connectivity index (χ0n) is 11.6. The van der Waals surface area contributed by atoms with Crippen molar-refractivity contribution in [1.82, 2.24) is 4.98 Å². The quantitative estimate of drug-likeness (QED) is 0.933. The molecule has 1 aliphatic rings. The molecule has 0 atom stereocenters. The molecule has 1 aliphatic carbocycles. The summed E-state index contributed by atoms with van der Waals surface area (Å²) in [6.45, 7) is 1.81. The summed E-state index contributed by atoms with van der Waals surface area (Å²) in [5, 5.41) is 2.73. The van der Waals surface area contributed by atoms with Crippen LogP contribution >= 0.6 is 0 Å². The third-order valence-corrected chi connectivity index (χ3v) is 3.25. The molecule has 0 bridgehead atoms. The number of nitrogens with zero attached hydrogens (tertiary/aromatic N) is 1. The van der Waals surface area contributed by atoms with Crippen molar-refractivity contribution >= 4 is 11.7 Å². The second kappa shape index (κ2) is 5.52. The van der Waals surface area contributed by atoms with Crippen molar-refractivity contribution in [3.8, 4) is 11.5 Å². The number of hydrogen-bond donors (Lipinski definition) is 1. The average Bonchev–Trinajstić information content (AvgIpc) is 3.27. The fourth-order valence-corrected chi connectivity index (χ4v) is 1.93. The number of carbonyl (C=O) groups is 1. The van der Waals surface area contributed by atoms with Crippen molar-refractivity contribution in [3.63, 3.8) is 0 Å². The van der Waals surface area contributed by atoms with Crippen LogP contribution in [-0.2, 0) is 4.79 Å². The van der Waals surface area contributed by atoms with Gasteiger partial charge in [0.2, 0.25) is 5.91 Å². The molecule has 0 radical (unpaired) electrons. The summed E-state index contributed by atoms with van der Waals surface area (Å²) >= 11 is 0. The topological polar surface area (TPSA) is 51.2 Å². The number of carbonyl (C=O) groups excluding carboxylic acids is 1. The van der Waals surface area contributed by atoms with Crippen LogP contribution in [0.15, 0.2) is 36.5 Å². The number of hydrogen-bond acceptors (Lipinski definition) is 3. The Morgan fingerprint density at radius 3 is 2.86 bits per heavy atom. The number of amides is 1. The molecule has 108 valence electrons. The van der Waals surface area contributed by atoms with Crippen LogP contribution < -0.4 is 10.1 Å². The van der Waals surface area contributed by atoms with Crippen LogP contribution in [0.3, 0.4) is 0 Å². The number of pyridine rings is 1. The number of aromatic nitrogens is 1. The molecule has 1 aromatic carbocycles. The van der Waals surface area contributed by atoms with Gasteiger partial charge in [0.25, 0.3) is 0 Å². The molecule has 1 fully saturated rings. The van der Waals surface area contributed by atoms with Crippen LogP contribution in [0.5, 0.6) is 11.5 Å². The highest BCUT2D eigenvalue weighted by molar-refractivity contribution is 5.93. The van der Waals surface area contributed by atoms with E-state index in [0.717, 1.165) is 18.4 Å². The van der Waals surface area contributed by atoms with E-state index in [9.17, 15) is 9.18 Å². The number of anilines is 1. The molecular weight excluding hydrogens is 271 g/mol. The first-order valence-electron chi connectivity index (χ1n) is 6.83. The molecule has 0 aliphatic heterocycles. The number of aryl methyl sites for hydroxylation is 1. The molecule has 1 N–H and O–H groups in total. The minimum absolute atomic E-state index is 0.0267. The normalized spacial score (nSPS) is 13.8. The largest absolute Gasteiger partial charge is 0.454 e. The Kier molecular flexibility index (Phi) is 3.56. The predicted molar refractivity (Wildman–Crippen MR) is 76.8 cm³/mol. The molecule has 1 amide bonds. The third kappa shape index (κ3) is 3.37. The van der Waals surface area contributed by atoms with Crippen LogP contribution in [-0.4, -0.2) is 10.9 Å². The first-order chi connectivity index (χ1) is 10.1. The van der Waals surface area contributed by atoms with E-state index < -0.39 is 5.82 Å². The van der Waals surface area contributed by atoms with E-state index in [-0.39, 0.29) is 17.6 Å². The molecule has 5 heteroatoms. The van der Waals surface area contributed by atoms with Crippen LogP contribution in [0.2, 0.25) is 0 Å². The molecule has 0 unspecified atom stereocenters. The summed E-state index contributed by atoms with van der Waals surface area (Å²) in [5.74, 6) is 0.643. The van der Waals surface area contributed by atoms with E-state index in [0.29, 0.717) is 11.6 Å². The van der Waals surface area contributed by atoms with Crippen LogP contribution in [0.25, 0.3) is 0 Å². The lowest BCUT2D eigenvalue weighted by atomic mass is 10.2. The van der Waals surface area contributed by atoms with Gasteiger partial charge in [-0.25, -0.2) is 9.37 Å². The Labute approximate surface area is 122 Å². The van der Waals surface area contributed by atoms with E-state index in [1.165, 1.54) is 12.3 Å². The van der Waals surface area contributed by atoms with Crippen molar-refractivity contribution in [2.24, 2.45) is 5.92 Å².